The van der Waals surface area contributed by atoms with E-state index in [0.29, 0.717) is 30.9 Å². The SMILES string of the molecule is COc1ccc(CCC(=O)N(Cc2ccccc2C)[C@@H](Cc2ccccc2)C(=O)NC(C)(C)C)cc1OC. The normalized spacial score (nSPS) is 11.9. The summed E-state index contributed by atoms with van der Waals surface area (Å²) in [5, 5.41) is 3.11. The number of benzene rings is 3. The Morgan fingerprint density at radius 3 is 2.16 bits per heavy atom. The molecule has 0 aliphatic carbocycles. The lowest BCUT2D eigenvalue weighted by molar-refractivity contribution is -0.141. The van der Waals surface area contributed by atoms with Gasteiger partial charge in [-0.1, -0.05) is 60.7 Å². The highest BCUT2D eigenvalue weighted by Gasteiger charge is 2.32. The number of aryl methyl sites for hydroxylation is 2. The molecule has 6 nitrogen and oxygen atoms in total. The van der Waals surface area contributed by atoms with E-state index in [2.05, 4.69) is 5.32 Å². The van der Waals surface area contributed by atoms with Gasteiger partial charge in [0.25, 0.3) is 0 Å². The second kappa shape index (κ2) is 13.1. The van der Waals surface area contributed by atoms with Crippen molar-refractivity contribution in [1.29, 1.82) is 0 Å². The number of hydrogen-bond acceptors (Lipinski definition) is 4. The lowest BCUT2D eigenvalue weighted by Gasteiger charge is -2.34. The second-order valence-corrected chi connectivity index (χ2v) is 10.6. The van der Waals surface area contributed by atoms with Gasteiger partial charge in [-0.15, -0.1) is 0 Å². The predicted molar refractivity (Wildman–Crippen MR) is 151 cm³/mol. The molecule has 3 aromatic rings. The molecule has 0 bridgehead atoms. The van der Waals surface area contributed by atoms with Crippen molar-refractivity contribution < 1.29 is 19.1 Å². The molecule has 0 aromatic heterocycles. The van der Waals surface area contributed by atoms with E-state index in [1.807, 2.05) is 100 Å². The zero-order chi connectivity index (χ0) is 27.7. The molecule has 0 unspecified atom stereocenters. The molecule has 0 saturated heterocycles. The first kappa shape index (κ1) is 28.8. The van der Waals surface area contributed by atoms with Crippen LogP contribution in [-0.2, 0) is 29.0 Å². The summed E-state index contributed by atoms with van der Waals surface area (Å²) in [5.74, 6) is 1.04. The number of rotatable bonds is 11. The Kier molecular flexibility index (Phi) is 9.94. The van der Waals surface area contributed by atoms with Crippen molar-refractivity contribution in [3.8, 4) is 11.5 Å². The van der Waals surface area contributed by atoms with Gasteiger partial charge in [-0.05, 0) is 68.5 Å². The Hall–Kier alpha value is -3.80. The third-order valence-corrected chi connectivity index (χ3v) is 6.45. The maximum Gasteiger partial charge on any atom is 0.243 e. The fraction of sp³-hybridized carbons (Fsp3) is 0.375. The summed E-state index contributed by atoms with van der Waals surface area (Å²) in [6, 6.07) is 22.9. The van der Waals surface area contributed by atoms with E-state index in [0.717, 1.165) is 22.3 Å². The van der Waals surface area contributed by atoms with Gasteiger partial charge >= 0.3 is 0 Å². The first-order chi connectivity index (χ1) is 18.1. The van der Waals surface area contributed by atoms with Crippen LogP contribution < -0.4 is 14.8 Å². The van der Waals surface area contributed by atoms with Crippen molar-refractivity contribution >= 4 is 11.8 Å². The summed E-state index contributed by atoms with van der Waals surface area (Å²) in [5.41, 5.74) is 3.64. The van der Waals surface area contributed by atoms with Crippen molar-refractivity contribution in [1.82, 2.24) is 10.2 Å². The quantitative estimate of drug-likeness (QED) is 0.365. The highest BCUT2D eigenvalue weighted by Crippen LogP contribution is 2.28. The standard InChI is InChI=1S/C32H40N2O4/c1-23-12-10-11-15-26(23)22-34(30(35)19-17-25-16-18-28(37-5)29(21-25)38-6)27(31(36)33-32(2,3)4)20-24-13-8-7-9-14-24/h7-16,18,21,27H,17,19-20,22H2,1-6H3,(H,33,36)/t27-/m0/s1. The van der Waals surface area contributed by atoms with Gasteiger partial charge in [0.15, 0.2) is 11.5 Å². The summed E-state index contributed by atoms with van der Waals surface area (Å²) >= 11 is 0. The first-order valence-corrected chi connectivity index (χ1v) is 13.0. The zero-order valence-electron chi connectivity index (χ0n) is 23.4. The smallest absolute Gasteiger partial charge is 0.243 e. The van der Waals surface area contributed by atoms with Gasteiger partial charge < -0.3 is 19.7 Å². The Morgan fingerprint density at radius 2 is 1.53 bits per heavy atom. The van der Waals surface area contributed by atoms with Crippen LogP contribution in [0, 0.1) is 6.92 Å². The van der Waals surface area contributed by atoms with E-state index >= 15 is 0 Å². The Labute approximate surface area is 227 Å². The van der Waals surface area contributed by atoms with Crippen molar-refractivity contribution in [3.05, 3.63) is 95.1 Å². The van der Waals surface area contributed by atoms with Gasteiger partial charge in [0.2, 0.25) is 11.8 Å². The molecular weight excluding hydrogens is 476 g/mol. The molecule has 202 valence electrons. The molecular formula is C32H40N2O4. The Balaban J connectivity index is 1.94. The van der Waals surface area contributed by atoms with E-state index in [-0.39, 0.29) is 18.2 Å². The van der Waals surface area contributed by atoms with E-state index in [1.165, 1.54) is 0 Å². The van der Waals surface area contributed by atoms with Crippen LogP contribution in [0.4, 0.5) is 0 Å². The molecule has 3 rings (SSSR count). The minimum atomic E-state index is -0.658. The lowest BCUT2D eigenvalue weighted by atomic mass is 9.99. The largest absolute Gasteiger partial charge is 0.493 e. The third-order valence-electron chi connectivity index (χ3n) is 6.45. The van der Waals surface area contributed by atoms with Crippen molar-refractivity contribution in [3.63, 3.8) is 0 Å². The van der Waals surface area contributed by atoms with Crippen LogP contribution in [0.1, 0.15) is 49.4 Å². The highest BCUT2D eigenvalue weighted by molar-refractivity contribution is 5.88. The van der Waals surface area contributed by atoms with Gasteiger partial charge in [-0.2, -0.15) is 0 Å². The average molecular weight is 517 g/mol. The molecule has 0 radical (unpaired) electrons. The molecule has 6 heteroatoms. The van der Waals surface area contributed by atoms with Gasteiger partial charge in [0, 0.05) is 24.9 Å². The number of methoxy groups -OCH3 is 2. The molecule has 0 spiro atoms. The minimum absolute atomic E-state index is 0.0759. The molecule has 1 atom stereocenters. The number of nitrogens with zero attached hydrogens (tertiary/aromatic N) is 1. The number of amides is 2. The van der Waals surface area contributed by atoms with Crippen LogP contribution in [0.15, 0.2) is 72.8 Å². The molecule has 0 heterocycles. The van der Waals surface area contributed by atoms with Gasteiger partial charge in [0.1, 0.15) is 6.04 Å². The molecule has 38 heavy (non-hydrogen) atoms. The van der Waals surface area contributed by atoms with Crippen LogP contribution in [0.3, 0.4) is 0 Å². The van der Waals surface area contributed by atoms with Crippen LogP contribution in [-0.4, -0.2) is 42.5 Å². The predicted octanol–water partition coefficient (Wildman–Crippen LogP) is 5.50. The molecule has 3 aromatic carbocycles. The first-order valence-electron chi connectivity index (χ1n) is 13.0. The summed E-state index contributed by atoms with van der Waals surface area (Å²) in [4.78, 5) is 29.3. The van der Waals surface area contributed by atoms with Crippen LogP contribution in [0.2, 0.25) is 0 Å². The summed E-state index contributed by atoms with van der Waals surface area (Å²) in [6.45, 7) is 8.24. The summed E-state index contributed by atoms with van der Waals surface area (Å²) < 4.78 is 10.8. The zero-order valence-corrected chi connectivity index (χ0v) is 23.4. The highest BCUT2D eigenvalue weighted by atomic mass is 16.5. The fourth-order valence-electron chi connectivity index (χ4n) is 4.41. The number of carbonyl (C=O) groups excluding carboxylic acids is 2. The number of nitrogens with one attached hydrogen (secondary N) is 1. The Morgan fingerprint density at radius 1 is 0.868 bits per heavy atom. The van der Waals surface area contributed by atoms with E-state index in [9.17, 15) is 9.59 Å². The van der Waals surface area contributed by atoms with Gasteiger partial charge in [-0.25, -0.2) is 0 Å². The van der Waals surface area contributed by atoms with E-state index < -0.39 is 11.6 Å². The fourth-order valence-corrected chi connectivity index (χ4v) is 4.41. The van der Waals surface area contributed by atoms with Crippen molar-refractivity contribution in [2.24, 2.45) is 0 Å². The van der Waals surface area contributed by atoms with Gasteiger partial charge in [-0.3, -0.25) is 9.59 Å². The molecule has 2 amide bonds. The molecule has 0 fully saturated rings. The minimum Gasteiger partial charge on any atom is -0.493 e. The number of hydrogen-bond donors (Lipinski definition) is 1. The third kappa shape index (κ3) is 8.10. The molecule has 0 saturated carbocycles. The van der Waals surface area contributed by atoms with E-state index in [1.54, 1.807) is 19.1 Å². The Bertz CT molecular complexity index is 1220. The van der Waals surface area contributed by atoms with Crippen LogP contribution in [0.25, 0.3) is 0 Å². The average Bonchev–Trinajstić information content (AvgIpc) is 2.89. The summed E-state index contributed by atoms with van der Waals surface area (Å²) in [7, 11) is 3.19. The molecule has 1 N–H and O–H groups in total. The second-order valence-electron chi connectivity index (χ2n) is 10.6. The topological polar surface area (TPSA) is 67.9 Å². The molecule has 0 aliphatic heterocycles. The number of carbonyl (C=O) groups is 2. The lowest BCUT2D eigenvalue weighted by Crippen LogP contribution is -2.54. The summed E-state index contributed by atoms with van der Waals surface area (Å²) in [6.07, 6.45) is 1.20. The van der Waals surface area contributed by atoms with Gasteiger partial charge in [0.05, 0.1) is 14.2 Å². The van der Waals surface area contributed by atoms with Crippen LogP contribution in [0.5, 0.6) is 11.5 Å². The van der Waals surface area contributed by atoms with Crippen LogP contribution >= 0.6 is 0 Å². The van der Waals surface area contributed by atoms with E-state index in [4.69, 9.17) is 9.47 Å². The van der Waals surface area contributed by atoms with Crippen molar-refractivity contribution in [2.45, 2.75) is 65.1 Å². The number of ether oxygens (including phenoxy) is 2. The monoisotopic (exact) mass is 516 g/mol. The molecule has 0 aliphatic rings. The van der Waals surface area contributed by atoms with Crippen molar-refractivity contribution in [2.75, 3.05) is 14.2 Å². The maximum atomic E-state index is 13.9. The maximum absolute atomic E-state index is 13.9.